The highest BCUT2D eigenvalue weighted by Crippen LogP contribution is 2.34. The number of aryl methyl sites for hydroxylation is 2. The third-order valence-corrected chi connectivity index (χ3v) is 5.11. The van der Waals surface area contributed by atoms with Gasteiger partial charge in [-0.25, -0.2) is 15.1 Å². The molecule has 0 aromatic heterocycles. The zero-order valence-electron chi connectivity index (χ0n) is 16.2. The second-order valence-corrected chi connectivity index (χ2v) is 7.34. The molecule has 0 saturated carbocycles. The van der Waals surface area contributed by atoms with Gasteiger partial charge in [-0.05, 0) is 42.7 Å². The molecule has 29 heavy (non-hydrogen) atoms. The van der Waals surface area contributed by atoms with Crippen molar-refractivity contribution in [1.82, 2.24) is 10.9 Å². The monoisotopic (exact) mass is 391 g/mol. The van der Waals surface area contributed by atoms with Gasteiger partial charge in [0.05, 0.1) is 12.1 Å². The number of ether oxygens (including phenoxy) is 1. The molecule has 1 fully saturated rings. The lowest BCUT2D eigenvalue weighted by atomic mass is 9.98. The minimum atomic E-state index is -1.30. The Bertz CT molecular complexity index is 1030. The Balaban J connectivity index is 1.54. The van der Waals surface area contributed by atoms with Crippen molar-refractivity contribution in [2.75, 3.05) is 4.90 Å². The molecule has 7 nitrogen and oxygen atoms in total. The molecule has 2 aliphatic heterocycles. The number of benzene rings is 2. The van der Waals surface area contributed by atoms with Crippen molar-refractivity contribution >= 4 is 23.5 Å². The predicted octanol–water partition coefficient (Wildman–Crippen LogP) is 2.04. The summed E-state index contributed by atoms with van der Waals surface area (Å²) in [6.45, 7) is 3.87. The summed E-state index contributed by atoms with van der Waals surface area (Å²) in [6.07, 6.45) is 1.37. The van der Waals surface area contributed by atoms with Crippen molar-refractivity contribution in [3.8, 4) is 0 Å². The molecule has 4 rings (SSSR count). The summed E-state index contributed by atoms with van der Waals surface area (Å²) in [7, 11) is 0. The topological polar surface area (TPSA) is 87.7 Å². The molecular weight excluding hydrogens is 370 g/mol. The van der Waals surface area contributed by atoms with E-state index in [0.717, 1.165) is 16.7 Å². The molecule has 0 aliphatic carbocycles. The Morgan fingerprint density at radius 2 is 1.90 bits per heavy atom. The first-order valence-corrected chi connectivity index (χ1v) is 9.31. The molecule has 148 valence electrons. The van der Waals surface area contributed by atoms with Gasteiger partial charge in [0.1, 0.15) is 17.8 Å². The van der Waals surface area contributed by atoms with Crippen LogP contribution in [0, 0.1) is 13.8 Å². The Hall–Kier alpha value is -3.45. The highest BCUT2D eigenvalue weighted by atomic mass is 16.5. The Labute approximate surface area is 168 Å². The molecule has 2 amide bonds. The van der Waals surface area contributed by atoms with Crippen LogP contribution in [0.4, 0.5) is 5.69 Å². The molecule has 2 aromatic rings. The van der Waals surface area contributed by atoms with Gasteiger partial charge in [-0.3, -0.25) is 9.59 Å². The molecule has 0 bridgehead atoms. The van der Waals surface area contributed by atoms with Gasteiger partial charge in [0, 0.05) is 0 Å². The first-order valence-electron chi connectivity index (χ1n) is 9.31. The summed E-state index contributed by atoms with van der Waals surface area (Å²) in [5.74, 6) is -1.34. The second-order valence-electron chi connectivity index (χ2n) is 7.34. The molecule has 2 aliphatic rings. The van der Waals surface area contributed by atoms with Gasteiger partial charge in [0.2, 0.25) is 5.91 Å². The van der Waals surface area contributed by atoms with Crippen molar-refractivity contribution in [3.05, 3.63) is 77.0 Å². The largest absolute Gasteiger partial charge is 0.456 e. The number of anilines is 1. The van der Waals surface area contributed by atoms with Crippen molar-refractivity contribution in [2.24, 2.45) is 0 Å². The van der Waals surface area contributed by atoms with Crippen LogP contribution in [0.5, 0.6) is 0 Å². The predicted molar refractivity (Wildman–Crippen MR) is 106 cm³/mol. The van der Waals surface area contributed by atoms with E-state index < -0.39 is 17.4 Å². The average molecular weight is 391 g/mol. The number of amides is 2. The van der Waals surface area contributed by atoms with Crippen LogP contribution in [0.1, 0.15) is 23.1 Å². The number of esters is 1. The van der Waals surface area contributed by atoms with Crippen molar-refractivity contribution in [1.29, 1.82) is 0 Å². The number of carbonyl (C=O) groups is 3. The van der Waals surface area contributed by atoms with E-state index in [4.69, 9.17) is 4.74 Å². The maximum atomic E-state index is 13.2. The van der Waals surface area contributed by atoms with E-state index in [-0.39, 0.29) is 24.6 Å². The summed E-state index contributed by atoms with van der Waals surface area (Å²) < 4.78 is 5.30. The summed E-state index contributed by atoms with van der Waals surface area (Å²) >= 11 is 0. The maximum Gasteiger partial charge on any atom is 0.355 e. The molecule has 7 heteroatoms. The van der Waals surface area contributed by atoms with Crippen LogP contribution in [0.2, 0.25) is 0 Å². The van der Waals surface area contributed by atoms with Gasteiger partial charge in [-0.2, -0.15) is 0 Å². The highest BCUT2D eigenvalue weighted by Gasteiger charge is 2.54. The number of nitrogens with one attached hydrogen (secondary N) is 2. The summed E-state index contributed by atoms with van der Waals surface area (Å²) in [5.41, 5.74) is 7.54. The fourth-order valence-corrected chi connectivity index (χ4v) is 3.53. The fourth-order valence-electron chi connectivity index (χ4n) is 3.53. The molecule has 2 N–H and O–H groups in total. The van der Waals surface area contributed by atoms with Crippen LogP contribution in [0.15, 0.2) is 60.3 Å². The second kappa shape index (κ2) is 7.18. The van der Waals surface area contributed by atoms with E-state index in [1.165, 1.54) is 11.0 Å². The fraction of sp³-hybridized carbons (Fsp3) is 0.227. The standard InChI is InChI=1S/C22H21N3O4/c1-14-8-9-15(2)18(10-14)25-19(26)12-22(21(25)28)11-17(23-24-22)20(27)29-13-16-6-4-3-5-7-16/h3-11,23-24H,12-13H2,1-2H3/t22-/m0/s1. The first-order chi connectivity index (χ1) is 13.9. The third-order valence-electron chi connectivity index (χ3n) is 5.11. The maximum absolute atomic E-state index is 13.2. The van der Waals surface area contributed by atoms with Crippen LogP contribution in [-0.4, -0.2) is 23.3 Å². The van der Waals surface area contributed by atoms with Gasteiger partial charge in [0.25, 0.3) is 5.91 Å². The van der Waals surface area contributed by atoms with Gasteiger partial charge < -0.3 is 10.2 Å². The van der Waals surface area contributed by atoms with Crippen LogP contribution in [0.3, 0.4) is 0 Å². The van der Waals surface area contributed by atoms with E-state index in [1.807, 2.05) is 62.4 Å². The normalized spacial score (nSPS) is 20.8. The zero-order chi connectivity index (χ0) is 20.6. The lowest BCUT2D eigenvalue weighted by molar-refractivity contribution is -0.140. The first kappa shape index (κ1) is 18.9. The van der Waals surface area contributed by atoms with E-state index in [9.17, 15) is 14.4 Å². The van der Waals surface area contributed by atoms with Crippen LogP contribution in [0.25, 0.3) is 0 Å². The summed E-state index contributed by atoms with van der Waals surface area (Å²) in [5, 5.41) is 0. The van der Waals surface area contributed by atoms with Gasteiger partial charge in [-0.1, -0.05) is 42.5 Å². The SMILES string of the molecule is Cc1ccc(C)c(N2C(=O)C[C@@]3(C=C(C(=O)OCc4ccccc4)NN3)C2=O)c1. The molecule has 1 spiro atoms. The minimum Gasteiger partial charge on any atom is -0.456 e. The van der Waals surface area contributed by atoms with E-state index in [1.54, 1.807) is 0 Å². The molecule has 2 aromatic carbocycles. The number of imide groups is 1. The van der Waals surface area contributed by atoms with E-state index in [2.05, 4.69) is 10.9 Å². The van der Waals surface area contributed by atoms with Gasteiger partial charge >= 0.3 is 5.97 Å². The summed E-state index contributed by atoms with van der Waals surface area (Å²) in [6, 6.07) is 14.9. The number of carbonyl (C=O) groups excluding carboxylic acids is 3. The third kappa shape index (κ3) is 3.40. The van der Waals surface area contributed by atoms with Crippen LogP contribution in [-0.2, 0) is 25.7 Å². The lowest BCUT2D eigenvalue weighted by Gasteiger charge is -2.21. The number of hydrogen-bond donors (Lipinski definition) is 2. The minimum absolute atomic E-state index is 0.0817. The van der Waals surface area contributed by atoms with Crippen molar-refractivity contribution < 1.29 is 19.1 Å². The van der Waals surface area contributed by atoms with Crippen LogP contribution >= 0.6 is 0 Å². The zero-order valence-corrected chi connectivity index (χ0v) is 16.2. The quantitative estimate of drug-likeness (QED) is 0.613. The Morgan fingerprint density at radius 3 is 2.66 bits per heavy atom. The Kier molecular flexibility index (Phi) is 4.68. The average Bonchev–Trinajstić information content (AvgIpc) is 3.24. The van der Waals surface area contributed by atoms with Gasteiger partial charge in [0.15, 0.2) is 0 Å². The van der Waals surface area contributed by atoms with Crippen LogP contribution < -0.4 is 15.8 Å². The van der Waals surface area contributed by atoms with Crippen molar-refractivity contribution in [3.63, 3.8) is 0 Å². The number of rotatable bonds is 4. The Morgan fingerprint density at radius 1 is 1.14 bits per heavy atom. The molecule has 0 radical (unpaired) electrons. The molecule has 2 heterocycles. The van der Waals surface area contributed by atoms with Gasteiger partial charge in [-0.15, -0.1) is 0 Å². The smallest absolute Gasteiger partial charge is 0.355 e. The van der Waals surface area contributed by atoms with E-state index in [0.29, 0.717) is 5.69 Å². The summed E-state index contributed by atoms with van der Waals surface area (Å²) in [4.78, 5) is 39.4. The highest BCUT2D eigenvalue weighted by molar-refractivity contribution is 6.26. The molecule has 1 atom stereocenters. The van der Waals surface area contributed by atoms with E-state index >= 15 is 0 Å². The molecule has 1 saturated heterocycles. The number of nitrogens with zero attached hydrogens (tertiary/aromatic N) is 1. The number of hydrogen-bond acceptors (Lipinski definition) is 6. The lowest BCUT2D eigenvalue weighted by Crippen LogP contribution is -2.51. The van der Waals surface area contributed by atoms with Crippen molar-refractivity contribution in [2.45, 2.75) is 32.4 Å². The molecule has 0 unspecified atom stereocenters. The number of hydrazine groups is 1. The molecular formula is C22H21N3O4.